The SMILES string of the molecule is COc1cc(N=c2oc3ccc(Cl)cc3cc2C(=O)NCC2CCCO2)cc(OC)c1. The van der Waals surface area contributed by atoms with Gasteiger partial charge < -0.3 is 23.9 Å². The van der Waals surface area contributed by atoms with E-state index in [4.69, 9.17) is 30.2 Å². The lowest BCUT2D eigenvalue weighted by atomic mass is 10.1. The van der Waals surface area contributed by atoms with Crippen molar-refractivity contribution in [1.29, 1.82) is 0 Å². The fourth-order valence-corrected chi connectivity index (χ4v) is 3.61. The molecule has 1 aliphatic rings. The highest BCUT2D eigenvalue weighted by Gasteiger charge is 2.19. The van der Waals surface area contributed by atoms with E-state index in [2.05, 4.69) is 10.3 Å². The molecule has 4 rings (SSSR count). The van der Waals surface area contributed by atoms with E-state index in [0.717, 1.165) is 19.4 Å². The third-order valence-corrected chi connectivity index (χ3v) is 5.27. The summed E-state index contributed by atoms with van der Waals surface area (Å²) in [6, 6.07) is 12.2. The molecule has 1 aromatic heterocycles. The Bertz CT molecular complexity index is 1150. The summed E-state index contributed by atoms with van der Waals surface area (Å²) in [5.41, 5.74) is 1.57. The number of nitrogens with one attached hydrogen (secondary N) is 1. The van der Waals surface area contributed by atoms with E-state index in [-0.39, 0.29) is 17.6 Å². The molecule has 2 heterocycles. The van der Waals surface area contributed by atoms with Crippen molar-refractivity contribution in [2.24, 2.45) is 4.99 Å². The zero-order valence-corrected chi connectivity index (χ0v) is 18.1. The van der Waals surface area contributed by atoms with E-state index >= 15 is 0 Å². The lowest BCUT2D eigenvalue weighted by Gasteiger charge is -2.11. The average Bonchev–Trinajstić information content (AvgIpc) is 3.30. The van der Waals surface area contributed by atoms with E-state index in [0.29, 0.717) is 45.3 Å². The second-order valence-electron chi connectivity index (χ2n) is 7.18. The van der Waals surface area contributed by atoms with Gasteiger partial charge in [-0.3, -0.25) is 4.79 Å². The van der Waals surface area contributed by atoms with E-state index < -0.39 is 0 Å². The molecule has 7 nitrogen and oxygen atoms in total. The monoisotopic (exact) mass is 442 g/mol. The molecule has 3 aromatic rings. The zero-order valence-electron chi connectivity index (χ0n) is 17.3. The molecule has 0 saturated carbocycles. The lowest BCUT2D eigenvalue weighted by Crippen LogP contribution is -2.34. The number of ether oxygens (including phenoxy) is 3. The predicted octanol–water partition coefficient (Wildman–Crippen LogP) is 4.24. The molecule has 1 unspecified atom stereocenters. The van der Waals surface area contributed by atoms with Crippen molar-refractivity contribution in [3.05, 3.63) is 58.6 Å². The molecule has 1 amide bonds. The maximum atomic E-state index is 13.0. The molecule has 2 aromatic carbocycles. The van der Waals surface area contributed by atoms with Crippen LogP contribution >= 0.6 is 11.6 Å². The number of halogens is 1. The summed E-state index contributed by atoms with van der Waals surface area (Å²) in [4.78, 5) is 17.6. The summed E-state index contributed by atoms with van der Waals surface area (Å²) in [6.45, 7) is 1.15. The second kappa shape index (κ2) is 9.41. The number of fused-ring (bicyclic) bond motifs is 1. The molecular formula is C23H23ClN2O5. The molecule has 1 saturated heterocycles. The van der Waals surface area contributed by atoms with Crippen LogP contribution in [-0.4, -0.2) is 39.4 Å². The van der Waals surface area contributed by atoms with Gasteiger partial charge in [-0.2, -0.15) is 0 Å². The van der Waals surface area contributed by atoms with Gasteiger partial charge in [0.15, 0.2) is 0 Å². The van der Waals surface area contributed by atoms with Crippen LogP contribution in [0.5, 0.6) is 11.5 Å². The van der Waals surface area contributed by atoms with Crippen molar-refractivity contribution in [3.63, 3.8) is 0 Å². The van der Waals surface area contributed by atoms with Gasteiger partial charge in [-0.25, -0.2) is 4.99 Å². The number of benzene rings is 2. The van der Waals surface area contributed by atoms with Crippen LogP contribution in [0.1, 0.15) is 23.2 Å². The van der Waals surface area contributed by atoms with Crippen LogP contribution in [-0.2, 0) is 4.74 Å². The summed E-state index contributed by atoms with van der Waals surface area (Å²) in [5, 5.41) is 4.18. The first kappa shape index (κ1) is 21.2. The van der Waals surface area contributed by atoms with Crippen LogP contribution in [0.4, 0.5) is 5.69 Å². The quantitative estimate of drug-likeness (QED) is 0.617. The topological polar surface area (TPSA) is 82.3 Å². The van der Waals surface area contributed by atoms with Crippen molar-refractivity contribution in [1.82, 2.24) is 5.32 Å². The third-order valence-electron chi connectivity index (χ3n) is 5.03. The number of rotatable bonds is 6. The van der Waals surface area contributed by atoms with Crippen LogP contribution in [0, 0.1) is 0 Å². The maximum absolute atomic E-state index is 13.0. The van der Waals surface area contributed by atoms with Crippen LogP contribution < -0.4 is 20.3 Å². The highest BCUT2D eigenvalue weighted by Crippen LogP contribution is 2.27. The minimum absolute atomic E-state index is 0.0267. The van der Waals surface area contributed by atoms with Gasteiger partial charge in [0.25, 0.3) is 5.91 Å². The third kappa shape index (κ3) is 5.00. The van der Waals surface area contributed by atoms with Gasteiger partial charge in [-0.1, -0.05) is 11.6 Å². The summed E-state index contributed by atoms with van der Waals surface area (Å²) in [7, 11) is 3.12. The van der Waals surface area contributed by atoms with E-state index in [1.807, 2.05) is 0 Å². The van der Waals surface area contributed by atoms with Crippen molar-refractivity contribution < 1.29 is 23.4 Å². The summed E-state index contributed by atoms with van der Waals surface area (Å²) in [6.07, 6.45) is 1.96. The van der Waals surface area contributed by atoms with Gasteiger partial charge in [0, 0.05) is 41.8 Å². The van der Waals surface area contributed by atoms with Crippen molar-refractivity contribution in [3.8, 4) is 11.5 Å². The van der Waals surface area contributed by atoms with Gasteiger partial charge >= 0.3 is 0 Å². The van der Waals surface area contributed by atoms with Crippen LogP contribution in [0.3, 0.4) is 0 Å². The van der Waals surface area contributed by atoms with Gasteiger partial charge in [-0.05, 0) is 37.1 Å². The Hall–Kier alpha value is -3.03. The summed E-state index contributed by atoms with van der Waals surface area (Å²) in [5.74, 6) is 0.861. The number of hydrogen-bond acceptors (Lipinski definition) is 6. The van der Waals surface area contributed by atoms with Gasteiger partial charge in [-0.15, -0.1) is 0 Å². The molecule has 1 aliphatic heterocycles. The molecule has 0 radical (unpaired) electrons. The fourth-order valence-electron chi connectivity index (χ4n) is 3.43. The summed E-state index contributed by atoms with van der Waals surface area (Å²) < 4.78 is 22.2. The van der Waals surface area contributed by atoms with E-state index in [1.165, 1.54) is 0 Å². The molecule has 8 heteroatoms. The number of methoxy groups -OCH3 is 2. The van der Waals surface area contributed by atoms with Crippen LogP contribution in [0.2, 0.25) is 5.02 Å². The number of carbonyl (C=O) groups is 1. The standard InChI is InChI=1S/C23H23ClN2O5/c1-28-18-10-16(11-19(12-18)29-2)26-23-20(22(27)25-13-17-4-3-7-30-17)9-14-8-15(24)5-6-21(14)31-23/h5-6,8-12,17H,3-4,7,13H2,1-2H3,(H,25,27). The number of hydrogen-bond donors (Lipinski definition) is 1. The lowest BCUT2D eigenvalue weighted by molar-refractivity contribution is 0.0854. The fraction of sp³-hybridized carbons (Fsp3) is 0.304. The molecule has 0 spiro atoms. The second-order valence-corrected chi connectivity index (χ2v) is 7.61. The van der Waals surface area contributed by atoms with E-state index in [9.17, 15) is 4.79 Å². The normalized spacial score (nSPS) is 16.5. The molecule has 1 atom stereocenters. The Morgan fingerprint density at radius 1 is 1.16 bits per heavy atom. The minimum Gasteiger partial charge on any atom is -0.497 e. The number of carbonyl (C=O) groups excluding carboxylic acids is 1. The first-order chi connectivity index (χ1) is 15.1. The zero-order chi connectivity index (χ0) is 21.8. The first-order valence-electron chi connectivity index (χ1n) is 9.97. The largest absolute Gasteiger partial charge is 0.497 e. The predicted molar refractivity (Wildman–Crippen MR) is 117 cm³/mol. The molecule has 0 bridgehead atoms. The van der Waals surface area contributed by atoms with Crippen molar-refractivity contribution in [2.75, 3.05) is 27.4 Å². The molecule has 31 heavy (non-hydrogen) atoms. The Morgan fingerprint density at radius 3 is 2.61 bits per heavy atom. The van der Waals surface area contributed by atoms with Crippen LogP contribution in [0.15, 0.2) is 51.9 Å². The molecular weight excluding hydrogens is 420 g/mol. The highest BCUT2D eigenvalue weighted by atomic mass is 35.5. The Kier molecular flexibility index (Phi) is 6.44. The van der Waals surface area contributed by atoms with E-state index in [1.54, 1.807) is 56.7 Å². The van der Waals surface area contributed by atoms with Gasteiger partial charge in [0.05, 0.1) is 26.0 Å². The van der Waals surface area contributed by atoms with Gasteiger partial charge in [0.1, 0.15) is 22.6 Å². The molecule has 1 N–H and O–H groups in total. The number of amides is 1. The molecule has 0 aliphatic carbocycles. The van der Waals surface area contributed by atoms with Crippen molar-refractivity contribution in [2.45, 2.75) is 18.9 Å². The van der Waals surface area contributed by atoms with Crippen LogP contribution in [0.25, 0.3) is 11.0 Å². The Balaban J connectivity index is 1.78. The first-order valence-corrected chi connectivity index (χ1v) is 10.3. The molecule has 162 valence electrons. The van der Waals surface area contributed by atoms with Crippen molar-refractivity contribution >= 4 is 34.2 Å². The smallest absolute Gasteiger partial charge is 0.256 e. The molecule has 1 fully saturated rings. The number of nitrogens with zero attached hydrogens (tertiary/aromatic N) is 1. The van der Waals surface area contributed by atoms with Gasteiger partial charge in [0.2, 0.25) is 5.55 Å². The maximum Gasteiger partial charge on any atom is 0.256 e. The average molecular weight is 443 g/mol. The summed E-state index contributed by atoms with van der Waals surface area (Å²) >= 11 is 6.12. The Labute approximate surface area is 184 Å². The minimum atomic E-state index is -0.297. The highest BCUT2D eigenvalue weighted by molar-refractivity contribution is 6.31. The Morgan fingerprint density at radius 2 is 1.94 bits per heavy atom.